The molecule has 1 aromatic heterocycles. The van der Waals surface area contributed by atoms with Crippen LogP contribution in [-0.2, 0) is 64.0 Å². The summed E-state index contributed by atoms with van der Waals surface area (Å²) in [4.78, 5) is 170. The molecule has 1 aromatic rings. The molecule has 0 aliphatic heterocycles. The maximum atomic E-state index is 14.4. The second kappa shape index (κ2) is 38.6. The molecule has 0 saturated carbocycles. The molecule has 32 heteroatoms. The van der Waals surface area contributed by atoms with Crippen molar-refractivity contribution in [2.24, 2.45) is 57.0 Å². The Labute approximate surface area is 475 Å². The molecule has 0 aromatic carbocycles. The number of hydrogen-bond donors (Lipinski definition) is 18. The molecular formula is C50H88N18O14. The van der Waals surface area contributed by atoms with Crippen LogP contribution in [0.3, 0.4) is 0 Å². The average Bonchev–Trinajstić information content (AvgIpc) is 3.99. The fourth-order valence-electron chi connectivity index (χ4n) is 8.05. The van der Waals surface area contributed by atoms with Crippen molar-refractivity contribution in [2.75, 3.05) is 19.6 Å². The van der Waals surface area contributed by atoms with Crippen LogP contribution in [0, 0.1) is 11.8 Å². The number of guanidine groups is 1. The lowest BCUT2D eigenvalue weighted by Gasteiger charge is -2.29. The molecule has 0 aliphatic carbocycles. The highest BCUT2D eigenvalue weighted by Gasteiger charge is 2.37. The van der Waals surface area contributed by atoms with Gasteiger partial charge in [-0.2, -0.15) is 0 Å². The minimum absolute atomic E-state index is 0.0357. The summed E-state index contributed by atoms with van der Waals surface area (Å²) in [6.45, 7) is 7.30. The van der Waals surface area contributed by atoms with Gasteiger partial charge in [0, 0.05) is 37.7 Å². The maximum Gasteiger partial charge on any atom is 0.326 e. The number of aromatic nitrogens is 2. The smallest absolute Gasteiger partial charge is 0.326 e. The van der Waals surface area contributed by atoms with E-state index in [1.54, 1.807) is 27.7 Å². The van der Waals surface area contributed by atoms with E-state index in [4.69, 9.17) is 40.1 Å². The van der Waals surface area contributed by atoms with Gasteiger partial charge in [0.15, 0.2) is 5.96 Å². The number of carboxylic acid groups (broad SMARTS) is 2. The molecule has 1 rings (SSSR count). The number of hydrogen-bond acceptors (Lipinski definition) is 17. The topological polar surface area (TPSA) is 565 Å². The second-order valence-electron chi connectivity index (χ2n) is 20.3. The van der Waals surface area contributed by atoms with Crippen molar-refractivity contribution in [1.29, 1.82) is 0 Å². The summed E-state index contributed by atoms with van der Waals surface area (Å²) in [5.41, 5.74) is 39.4. The van der Waals surface area contributed by atoms with Crippen molar-refractivity contribution in [3.63, 3.8) is 0 Å². The Bertz CT molecular complexity index is 2300. The highest BCUT2D eigenvalue weighted by Crippen LogP contribution is 2.14. The average molecular weight is 1170 g/mol. The van der Waals surface area contributed by atoms with Crippen molar-refractivity contribution >= 4 is 77.0 Å². The molecular weight excluding hydrogens is 1080 g/mol. The molecule has 10 atom stereocenters. The van der Waals surface area contributed by atoms with Gasteiger partial charge in [-0.25, -0.2) is 9.78 Å². The molecule has 82 heavy (non-hydrogen) atoms. The van der Waals surface area contributed by atoms with Gasteiger partial charge in [-0.1, -0.05) is 40.5 Å². The van der Waals surface area contributed by atoms with E-state index >= 15 is 0 Å². The number of unbranched alkanes of at least 4 members (excludes halogenated alkanes) is 2. The standard InChI is InChI=1S/C50H88N18O14/c1-5-27(4)40(48(80)67-36(49(81)82)21-26(2)3)68-45(77)33(15-17-39(71)72)63-43(75)31(13-10-20-59-50(56)57)61-42(74)30(12-7-9-19-52)62-46(78)34(22-28-24-58-25-60-28)66-44(76)32(14-16-37(54)69)64-47(79)35(23-38(55)70)65-41(73)29(53)11-6-8-18-51/h24-27,29-36,40H,5-23,51-53H2,1-4H3,(H2,54,69)(H2,55,70)(H,58,60)(H,61,74)(H,62,78)(H,63,75)(H,64,79)(H,65,73)(H,66,76)(H,67,80)(H,68,77)(H,71,72)(H,81,82)(H4,56,57,59)/t27-,29-,30-,31-,32-,33-,34-,35-,36-,40-/m0/s1. The van der Waals surface area contributed by atoms with Crippen molar-refractivity contribution in [1.82, 2.24) is 52.5 Å². The Hall–Kier alpha value is -8.00. The third-order valence-electron chi connectivity index (χ3n) is 12.8. The monoisotopic (exact) mass is 1160 g/mol. The van der Waals surface area contributed by atoms with Gasteiger partial charge in [0.25, 0.3) is 0 Å². The highest BCUT2D eigenvalue weighted by atomic mass is 16.4. The first-order valence-corrected chi connectivity index (χ1v) is 27.3. The molecule has 0 unspecified atom stereocenters. The first-order valence-electron chi connectivity index (χ1n) is 27.3. The van der Waals surface area contributed by atoms with Gasteiger partial charge < -0.3 is 97.9 Å². The molecule has 25 N–H and O–H groups in total. The van der Waals surface area contributed by atoms with Crippen LogP contribution in [0.4, 0.5) is 0 Å². The number of rotatable bonds is 43. The van der Waals surface area contributed by atoms with Crippen LogP contribution in [0.5, 0.6) is 0 Å². The molecule has 0 spiro atoms. The summed E-state index contributed by atoms with van der Waals surface area (Å²) in [6.07, 6.45) is 1.37. The molecule has 10 amide bonds. The van der Waals surface area contributed by atoms with Gasteiger partial charge in [0.05, 0.1) is 18.8 Å². The fourth-order valence-corrected chi connectivity index (χ4v) is 8.05. The molecule has 0 saturated heterocycles. The van der Waals surface area contributed by atoms with E-state index in [-0.39, 0.29) is 69.9 Å². The number of carboxylic acids is 2. The van der Waals surface area contributed by atoms with Gasteiger partial charge in [0.1, 0.15) is 48.3 Å². The Morgan fingerprint density at radius 3 is 1.49 bits per heavy atom. The number of amides is 10. The van der Waals surface area contributed by atoms with Crippen LogP contribution in [0.25, 0.3) is 0 Å². The lowest BCUT2D eigenvalue weighted by atomic mass is 9.96. The van der Waals surface area contributed by atoms with E-state index < -0.39 is 163 Å². The zero-order valence-electron chi connectivity index (χ0n) is 47.2. The first-order chi connectivity index (χ1) is 38.6. The zero-order chi connectivity index (χ0) is 62.1. The van der Waals surface area contributed by atoms with Crippen LogP contribution in [-0.4, -0.2) is 171 Å². The lowest BCUT2D eigenvalue weighted by molar-refractivity contribution is -0.143. The SMILES string of the molecule is CC[C@H](C)[C@H](NC(=O)[C@H](CCC(=O)O)NC(=O)[C@H](CCCN=C(N)N)NC(=O)[C@H](CCCCN)NC(=O)[C@H](Cc1cnc[nH]1)NC(=O)[C@H](CCC(N)=O)NC(=O)[C@H](CC(N)=O)NC(=O)[C@@H](N)CCCCN)C(=O)N[C@@H](CC(C)C)C(=O)O. The fraction of sp³-hybridized carbons (Fsp3) is 0.680. The number of aliphatic imine (C=N–C) groups is 1. The Balaban J connectivity index is 3.72. The van der Waals surface area contributed by atoms with Gasteiger partial charge in [-0.05, 0) is 89.1 Å². The van der Waals surface area contributed by atoms with Crippen molar-refractivity contribution < 1.29 is 67.7 Å². The molecule has 1 heterocycles. The number of nitrogens with two attached hydrogens (primary N) is 7. The number of primary amides is 2. The normalized spacial score (nSPS) is 14.7. The Morgan fingerprint density at radius 1 is 0.561 bits per heavy atom. The van der Waals surface area contributed by atoms with E-state index in [0.717, 1.165) is 0 Å². The van der Waals surface area contributed by atoms with E-state index in [1.165, 1.54) is 12.5 Å². The van der Waals surface area contributed by atoms with Crippen molar-refractivity contribution in [2.45, 2.75) is 185 Å². The molecule has 462 valence electrons. The lowest BCUT2D eigenvalue weighted by Crippen LogP contribution is -2.61. The predicted octanol–water partition coefficient (Wildman–Crippen LogP) is -5.35. The summed E-state index contributed by atoms with van der Waals surface area (Å²) in [6, 6.07) is -13.3. The Morgan fingerprint density at radius 2 is 1.02 bits per heavy atom. The van der Waals surface area contributed by atoms with Crippen LogP contribution in [0.15, 0.2) is 17.5 Å². The van der Waals surface area contributed by atoms with Gasteiger partial charge >= 0.3 is 11.9 Å². The molecule has 32 nitrogen and oxygen atoms in total. The second-order valence-corrected chi connectivity index (χ2v) is 20.3. The highest BCUT2D eigenvalue weighted by molar-refractivity contribution is 5.99. The molecule has 0 fully saturated rings. The van der Waals surface area contributed by atoms with Crippen molar-refractivity contribution in [3.05, 3.63) is 18.2 Å². The maximum absolute atomic E-state index is 14.4. The van der Waals surface area contributed by atoms with Gasteiger partial charge in [-0.3, -0.25) is 57.7 Å². The minimum atomic E-state index is -1.65. The minimum Gasteiger partial charge on any atom is -0.481 e. The van der Waals surface area contributed by atoms with Crippen LogP contribution in [0.2, 0.25) is 0 Å². The van der Waals surface area contributed by atoms with Gasteiger partial charge in [0.2, 0.25) is 59.1 Å². The molecule has 0 radical (unpaired) electrons. The summed E-state index contributed by atoms with van der Waals surface area (Å²) in [7, 11) is 0. The van der Waals surface area contributed by atoms with Crippen LogP contribution >= 0.6 is 0 Å². The number of aliphatic carboxylic acids is 2. The molecule has 0 bridgehead atoms. The predicted molar refractivity (Wildman–Crippen MR) is 297 cm³/mol. The van der Waals surface area contributed by atoms with Gasteiger partial charge in [-0.15, -0.1) is 0 Å². The van der Waals surface area contributed by atoms with Crippen molar-refractivity contribution in [3.8, 4) is 0 Å². The molecule has 0 aliphatic rings. The van der Waals surface area contributed by atoms with Crippen LogP contribution < -0.4 is 82.7 Å². The first kappa shape index (κ1) is 72.0. The summed E-state index contributed by atoms with van der Waals surface area (Å²) < 4.78 is 0. The van der Waals surface area contributed by atoms with Crippen LogP contribution in [0.1, 0.15) is 130 Å². The number of carbonyl (C=O) groups excluding carboxylic acids is 10. The quantitative estimate of drug-likeness (QED) is 0.0165. The number of carbonyl (C=O) groups is 12. The third-order valence-corrected chi connectivity index (χ3v) is 12.8. The summed E-state index contributed by atoms with van der Waals surface area (Å²) >= 11 is 0. The number of imidazole rings is 1. The third kappa shape index (κ3) is 28.9. The van der Waals surface area contributed by atoms with E-state index in [1.807, 2.05) is 0 Å². The summed E-state index contributed by atoms with van der Waals surface area (Å²) in [5, 5.41) is 39.3. The number of H-pyrrole nitrogens is 1. The number of aromatic amines is 1. The summed E-state index contributed by atoms with van der Waals surface area (Å²) in [5.74, 6) is -13.3. The number of nitrogens with one attached hydrogen (secondary N) is 9. The zero-order valence-corrected chi connectivity index (χ0v) is 47.2. The largest absolute Gasteiger partial charge is 0.481 e. The van der Waals surface area contributed by atoms with E-state index in [9.17, 15) is 67.7 Å². The van der Waals surface area contributed by atoms with E-state index in [0.29, 0.717) is 37.9 Å². The van der Waals surface area contributed by atoms with E-state index in [2.05, 4.69) is 57.5 Å². The Kier molecular flexibility index (Phi) is 33.9. The number of nitrogens with zero attached hydrogens (tertiary/aromatic N) is 2.